The van der Waals surface area contributed by atoms with Crippen LogP contribution in [0.5, 0.6) is 0 Å². The van der Waals surface area contributed by atoms with Gasteiger partial charge in [0, 0.05) is 17.2 Å². The van der Waals surface area contributed by atoms with Gasteiger partial charge in [0.2, 0.25) is 0 Å². The van der Waals surface area contributed by atoms with Crippen molar-refractivity contribution in [2.75, 3.05) is 6.26 Å². The number of hydrogen-bond donors (Lipinski definition) is 1. The van der Waals surface area contributed by atoms with Gasteiger partial charge < -0.3 is 5.73 Å². The minimum absolute atomic E-state index is 0.420. The van der Waals surface area contributed by atoms with Crippen molar-refractivity contribution in [2.45, 2.75) is 25.1 Å². The molecule has 0 saturated carbocycles. The highest BCUT2D eigenvalue weighted by Crippen LogP contribution is 2.25. The van der Waals surface area contributed by atoms with Crippen LogP contribution in [-0.2, 0) is 9.84 Å². The fraction of sp³-hybridized carbons (Fsp3) is 0.556. The molecule has 2 unspecified atom stereocenters. The zero-order valence-corrected chi connectivity index (χ0v) is 10.2. The summed E-state index contributed by atoms with van der Waals surface area (Å²) in [6.45, 7) is 3.60. The molecule has 2 atom stereocenters. The molecular weight excluding hydrogens is 218 g/mol. The van der Waals surface area contributed by atoms with Crippen molar-refractivity contribution < 1.29 is 8.42 Å². The van der Waals surface area contributed by atoms with Gasteiger partial charge >= 0.3 is 0 Å². The Hall–Kier alpha value is -0.390. The number of sulfone groups is 1. The highest BCUT2D eigenvalue weighted by atomic mass is 32.2. The van der Waals surface area contributed by atoms with Crippen LogP contribution in [0.3, 0.4) is 0 Å². The first-order valence-electron chi connectivity index (χ1n) is 4.32. The van der Waals surface area contributed by atoms with Gasteiger partial charge in [-0.15, -0.1) is 11.3 Å². The second-order valence-electron chi connectivity index (χ2n) is 3.49. The third kappa shape index (κ3) is 2.34. The Kier molecular flexibility index (Phi) is 3.34. The molecule has 0 aliphatic rings. The first kappa shape index (κ1) is 11.7. The van der Waals surface area contributed by atoms with Crippen LogP contribution in [-0.4, -0.2) is 19.9 Å². The standard InChI is InChI=1S/C9H15NO2S2/c1-6-8(4-5-13-6)9(10)7(2)14(3,11)12/h4-5,7,9H,10H2,1-3H3. The molecule has 0 aliphatic carbocycles. The molecule has 0 amide bonds. The van der Waals surface area contributed by atoms with E-state index >= 15 is 0 Å². The summed E-state index contributed by atoms with van der Waals surface area (Å²) in [7, 11) is -3.07. The molecule has 0 aliphatic heterocycles. The van der Waals surface area contributed by atoms with Gasteiger partial charge in [-0.25, -0.2) is 8.42 Å². The smallest absolute Gasteiger partial charge is 0.151 e. The van der Waals surface area contributed by atoms with Crippen LogP contribution in [0.1, 0.15) is 23.4 Å². The van der Waals surface area contributed by atoms with Gasteiger partial charge in [0.1, 0.15) is 0 Å². The number of thiophene rings is 1. The van der Waals surface area contributed by atoms with Crippen molar-refractivity contribution in [3.63, 3.8) is 0 Å². The van der Waals surface area contributed by atoms with Crippen LogP contribution in [0.2, 0.25) is 0 Å². The monoisotopic (exact) mass is 233 g/mol. The van der Waals surface area contributed by atoms with Crippen LogP contribution in [0, 0.1) is 6.92 Å². The quantitative estimate of drug-likeness (QED) is 0.860. The van der Waals surface area contributed by atoms with E-state index in [1.165, 1.54) is 6.26 Å². The zero-order chi connectivity index (χ0) is 10.9. The predicted octanol–water partition coefficient (Wildman–Crippen LogP) is 1.49. The van der Waals surface area contributed by atoms with Gasteiger partial charge in [0.15, 0.2) is 9.84 Å². The molecule has 0 bridgehead atoms. The van der Waals surface area contributed by atoms with E-state index in [1.54, 1.807) is 18.3 Å². The van der Waals surface area contributed by atoms with Crippen molar-refractivity contribution in [3.8, 4) is 0 Å². The Bertz CT molecular complexity index is 408. The Balaban J connectivity index is 2.97. The lowest BCUT2D eigenvalue weighted by Crippen LogP contribution is -2.30. The molecule has 0 radical (unpaired) electrons. The van der Waals surface area contributed by atoms with E-state index in [0.717, 1.165) is 10.4 Å². The lowest BCUT2D eigenvalue weighted by Gasteiger charge is -2.18. The number of nitrogens with two attached hydrogens (primary N) is 1. The topological polar surface area (TPSA) is 60.2 Å². The lowest BCUT2D eigenvalue weighted by atomic mass is 10.1. The van der Waals surface area contributed by atoms with Crippen molar-refractivity contribution in [2.24, 2.45) is 5.73 Å². The van der Waals surface area contributed by atoms with Gasteiger partial charge in [-0.3, -0.25) is 0 Å². The Morgan fingerprint density at radius 2 is 2.07 bits per heavy atom. The van der Waals surface area contributed by atoms with E-state index < -0.39 is 21.1 Å². The molecule has 2 N–H and O–H groups in total. The number of hydrogen-bond acceptors (Lipinski definition) is 4. The molecular formula is C9H15NO2S2. The molecule has 0 saturated heterocycles. The molecule has 5 heteroatoms. The SMILES string of the molecule is Cc1sccc1C(N)C(C)S(C)(=O)=O. The minimum Gasteiger partial charge on any atom is -0.323 e. The van der Waals surface area contributed by atoms with Crippen molar-refractivity contribution in [1.82, 2.24) is 0 Å². The van der Waals surface area contributed by atoms with Crippen molar-refractivity contribution in [3.05, 3.63) is 21.9 Å². The largest absolute Gasteiger partial charge is 0.323 e. The Morgan fingerprint density at radius 3 is 2.43 bits per heavy atom. The van der Waals surface area contributed by atoms with E-state index in [-0.39, 0.29) is 0 Å². The highest BCUT2D eigenvalue weighted by molar-refractivity contribution is 7.91. The van der Waals surface area contributed by atoms with Crippen molar-refractivity contribution in [1.29, 1.82) is 0 Å². The number of aryl methyl sites for hydroxylation is 1. The molecule has 80 valence electrons. The van der Waals surface area contributed by atoms with Crippen LogP contribution in [0.25, 0.3) is 0 Å². The normalized spacial score (nSPS) is 16.6. The van der Waals surface area contributed by atoms with Gasteiger partial charge in [-0.05, 0) is 30.9 Å². The van der Waals surface area contributed by atoms with Crippen LogP contribution < -0.4 is 5.73 Å². The summed E-state index contributed by atoms with van der Waals surface area (Å²) in [5.41, 5.74) is 6.84. The maximum absolute atomic E-state index is 11.3. The van der Waals surface area contributed by atoms with Gasteiger partial charge in [-0.1, -0.05) is 0 Å². The fourth-order valence-electron chi connectivity index (χ4n) is 1.26. The summed E-state index contributed by atoms with van der Waals surface area (Å²) in [4.78, 5) is 1.09. The summed E-state index contributed by atoms with van der Waals surface area (Å²) >= 11 is 1.59. The maximum Gasteiger partial charge on any atom is 0.151 e. The van der Waals surface area contributed by atoms with E-state index in [1.807, 2.05) is 18.4 Å². The summed E-state index contributed by atoms with van der Waals surface area (Å²) < 4.78 is 22.6. The van der Waals surface area contributed by atoms with E-state index in [9.17, 15) is 8.42 Å². The van der Waals surface area contributed by atoms with Gasteiger partial charge in [0.25, 0.3) is 0 Å². The molecule has 3 nitrogen and oxygen atoms in total. The van der Waals surface area contributed by atoms with Crippen molar-refractivity contribution >= 4 is 21.2 Å². The van der Waals surface area contributed by atoms with Crippen LogP contribution in [0.4, 0.5) is 0 Å². The molecule has 1 heterocycles. The molecule has 1 aromatic heterocycles. The Morgan fingerprint density at radius 1 is 1.50 bits per heavy atom. The maximum atomic E-state index is 11.3. The first-order valence-corrected chi connectivity index (χ1v) is 7.16. The summed E-state index contributed by atoms with van der Waals surface area (Å²) in [6, 6.07) is 1.48. The Labute approximate surface area is 88.9 Å². The molecule has 1 aromatic rings. The lowest BCUT2D eigenvalue weighted by molar-refractivity contribution is 0.570. The second-order valence-corrected chi connectivity index (χ2v) is 7.02. The minimum atomic E-state index is -3.07. The highest BCUT2D eigenvalue weighted by Gasteiger charge is 2.25. The fourth-order valence-corrected chi connectivity index (χ4v) is 2.70. The summed E-state index contributed by atoms with van der Waals surface area (Å²) in [5.74, 6) is 0. The molecule has 1 rings (SSSR count). The van der Waals surface area contributed by atoms with Crippen LogP contribution in [0.15, 0.2) is 11.4 Å². The second kappa shape index (κ2) is 4.00. The molecule has 0 aromatic carbocycles. The van der Waals surface area contributed by atoms with Gasteiger partial charge in [0.05, 0.1) is 5.25 Å². The molecule has 14 heavy (non-hydrogen) atoms. The zero-order valence-electron chi connectivity index (χ0n) is 8.52. The average Bonchev–Trinajstić information content (AvgIpc) is 2.47. The van der Waals surface area contributed by atoms with E-state index in [2.05, 4.69) is 0 Å². The van der Waals surface area contributed by atoms with Gasteiger partial charge in [-0.2, -0.15) is 0 Å². The first-order chi connectivity index (χ1) is 6.34. The third-order valence-corrected chi connectivity index (χ3v) is 4.94. The average molecular weight is 233 g/mol. The van der Waals surface area contributed by atoms with E-state index in [0.29, 0.717) is 0 Å². The third-order valence-electron chi connectivity index (χ3n) is 2.44. The predicted molar refractivity (Wildman–Crippen MR) is 60.3 cm³/mol. The van der Waals surface area contributed by atoms with Crippen LogP contribution >= 0.6 is 11.3 Å². The van der Waals surface area contributed by atoms with E-state index in [4.69, 9.17) is 5.73 Å². The molecule has 0 fully saturated rings. The summed E-state index contributed by atoms with van der Waals surface area (Å²) in [5, 5.41) is 1.40. The number of rotatable bonds is 3. The summed E-state index contributed by atoms with van der Waals surface area (Å²) in [6.07, 6.45) is 1.22. The molecule has 0 spiro atoms.